The molecule has 27 heavy (non-hydrogen) atoms. The summed E-state index contributed by atoms with van der Waals surface area (Å²) >= 11 is 5.96. The predicted octanol–water partition coefficient (Wildman–Crippen LogP) is 3.97. The normalized spacial score (nSPS) is 17.2. The molecule has 0 atom stereocenters. The Morgan fingerprint density at radius 3 is 2.37 bits per heavy atom. The van der Waals surface area contributed by atoms with Gasteiger partial charge in [-0.15, -0.1) is 0 Å². The van der Waals surface area contributed by atoms with E-state index in [1.807, 2.05) is 32.9 Å². The summed E-state index contributed by atoms with van der Waals surface area (Å²) in [4.78, 5) is 16.5. The van der Waals surface area contributed by atoms with Crippen LogP contribution < -0.4 is 0 Å². The maximum Gasteiger partial charge on any atom is 0.410 e. The monoisotopic (exact) mass is 396 g/mol. The van der Waals surface area contributed by atoms with Gasteiger partial charge in [-0.05, 0) is 71.2 Å². The molecule has 1 aliphatic heterocycles. The molecular formula is C21H33ClN2O3. The van der Waals surface area contributed by atoms with Crippen molar-refractivity contribution >= 4 is 17.7 Å². The second-order valence-corrected chi connectivity index (χ2v) is 8.90. The fourth-order valence-corrected chi connectivity index (χ4v) is 3.77. The number of hydrogen-bond donors (Lipinski definition) is 1. The van der Waals surface area contributed by atoms with Gasteiger partial charge < -0.3 is 19.6 Å². The molecule has 1 N–H and O–H groups in total. The van der Waals surface area contributed by atoms with Crippen molar-refractivity contribution in [1.82, 2.24) is 9.80 Å². The van der Waals surface area contributed by atoms with Crippen LogP contribution in [0.4, 0.5) is 4.79 Å². The summed E-state index contributed by atoms with van der Waals surface area (Å²) in [5.41, 5.74) is 0.683. The van der Waals surface area contributed by atoms with Crippen molar-refractivity contribution in [3.63, 3.8) is 0 Å². The number of likely N-dealkylation sites (tertiary alicyclic amines) is 1. The number of nitrogens with zero attached hydrogens (tertiary/aromatic N) is 2. The van der Waals surface area contributed by atoms with Crippen molar-refractivity contribution < 1.29 is 14.6 Å². The molecule has 0 aromatic heterocycles. The molecule has 2 rings (SSSR count). The number of rotatable bonds is 6. The Morgan fingerprint density at radius 1 is 1.26 bits per heavy atom. The van der Waals surface area contributed by atoms with Gasteiger partial charge in [0.25, 0.3) is 0 Å². The lowest BCUT2D eigenvalue weighted by Gasteiger charge is -2.47. The van der Waals surface area contributed by atoms with Crippen molar-refractivity contribution in [1.29, 1.82) is 0 Å². The molecule has 0 spiro atoms. The molecular weight excluding hydrogens is 364 g/mol. The third-order valence-corrected chi connectivity index (χ3v) is 5.63. The van der Waals surface area contributed by atoms with Gasteiger partial charge >= 0.3 is 6.09 Å². The first-order chi connectivity index (χ1) is 12.6. The molecule has 0 radical (unpaired) electrons. The minimum Gasteiger partial charge on any atom is -0.444 e. The van der Waals surface area contributed by atoms with Crippen molar-refractivity contribution in [3.8, 4) is 0 Å². The average Bonchev–Trinajstić information content (AvgIpc) is 2.60. The lowest BCUT2D eigenvalue weighted by atomic mass is 9.83. The number of ether oxygens (including phenoxy) is 1. The second-order valence-electron chi connectivity index (χ2n) is 8.46. The molecule has 1 heterocycles. The maximum atomic E-state index is 12.3. The zero-order chi connectivity index (χ0) is 20.1. The summed E-state index contributed by atoms with van der Waals surface area (Å²) in [6.45, 7) is 8.01. The number of hydrogen-bond acceptors (Lipinski definition) is 4. The van der Waals surface area contributed by atoms with Gasteiger partial charge in [0.15, 0.2) is 0 Å². The van der Waals surface area contributed by atoms with Gasteiger partial charge in [-0.1, -0.05) is 23.7 Å². The van der Waals surface area contributed by atoms with E-state index in [2.05, 4.69) is 24.1 Å². The topological polar surface area (TPSA) is 53.0 Å². The molecule has 0 bridgehead atoms. The van der Waals surface area contributed by atoms with E-state index in [4.69, 9.17) is 16.3 Å². The lowest BCUT2D eigenvalue weighted by Crippen LogP contribution is -2.56. The van der Waals surface area contributed by atoms with Crippen LogP contribution in [0.15, 0.2) is 24.3 Å². The summed E-state index contributed by atoms with van der Waals surface area (Å²) in [6, 6.07) is 7.94. The predicted molar refractivity (Wildman–Crippen MR) is 109 cm³/mol. The van der Waals surface area contributed by atoms with E-state index in [0.717, 1.165) is 30.8 Å². The van der Waals surface area contributed by atoms with Crippen LogP contribution in [-0.4, -0.2) is 65.4 Å². The van der Waals surface area contributed by atoms with E-state index in [9.17, 15) is 9.90 Å². The molecule has 5 nitrogen and oxygen atoms in total. The van der Waals surface area contributed by atoms with Crippen LogP contribution >= 0.6 is 11.6 Å². The SMILES string of the molecule is CN(CCc1ccc(Cl)cc1)C1(CCO)CCN(C(=O)OC(C)(C)C)CC1. The molecule has 1 saturated heterocycles. The van der Waals surface area contributed by atoms with E-state index in [-0.39, 0.29) is 18.2 Å². The van der Waals surface area contributed by atoms with Crippen molar-refractivity contribution in [2.24, 2.45) is 0 Å². The van der Waals surface area contributed by atoms with Gasteiger partial charge in [-0.2, -0.15) is 0 Å². The summed E-state index contributed by atoms with van der Waals surface area (Å²) < 4.78 is 5.49. The lowest BCUT2D eigenvalue weighted by molar-refractivity contribution is -0.00743. The Morgan fingerprint density at radius 2 is 1.85 bits per heavy atom. The first-order valence-corrected chi connectivity index (χ1v) is 10.1. The highest BCUT2D eigenvalue weighted by Gasteiger charge is 2.39. The van der Waals surface area contributed by atoms with Crippen LogP contribution in [0.25, 0.3) is 0 Å². The smallest absolute Gasteiger partial charge is 0.410 e. The van der Waals surface area contributed by atoms with E-state index in [1.54, 1.807) is 4.90 Å². The average molecular weight is 397 g/mol. The van der Waals surface area contributed by atoms with Crippen LogP contribution in [0.3, 0.4) is 0 Å². The fraction of sp³-hybridized carbons (Fsp3) is 0.667. The molecule has 0 unspecified atom stereocenters. The third kappa shape index (κ3) is 6.37. The van der Waals surface area contributed by atoms with Crippen LogP contribution in [0.5, 0.6) is 0 Å². The molecule has 0 aliphatic carbocycles. The van der Waals surface area contributed by atoms with Gasteiger partial charge in [0.05, 0.1) is 0 Å². The highest BCUT2D eigenvalue weighted by Crippen LogP contribution is 2.32. The highest BCUT2D eigenvalue weighted by atomic mass is 35.5. The van der Waals surface area contributed by atoms with Crippen molar-refractivity contribution in [3.05, 3.63) is 34.9 Å². The number of likely N-dealkylation sites (N-methyl/N-ethyl adjacent to an activating group) is 1. The highest BCUT2D eigenvalue weighted by molar-refractivity contribution is 6.30. The Hall–Kier alpha value is -1.30. The largest absolute Gasteiger partial charge is 0.444 e. The van der Waals surface area contributed by atoms with Crippen LogP contribution in [0.1, 0.15) is 45.6 Å². The number of piperidine rings is 1. The number of carbonyl (C=O) groups is 1. The van der Waals surface area contributed by atoms with Crippen LogP contribution in [-0.2, 0) is 11.2 Å². The summed E-state index contributed by atoms with van der Waals surface area (Å²) in [6.07, 6.45) is 3.07. The third-order valence-electron chi connectivity index (χ3n) is 5.38. The molecule has 152 valence electrons. The number of aliphatic hydroxyl groups excluding tert-OH is 1. The Labute approximate surface area is 168 Å². The minimum absolute atomic E-state index is 0.0836. The number of aliphatic hydroxyl groups is 1. The van der Waals surface area contributed by atoms with E-state index in [0.29, 0.717) is 19.5 Å². The summed E-state index contributed by atoms with van der Waals surface area (Å²) in [5, 5.41) is 10.4. The van der Waals surface area contributed by atoms with Gasteiger partial charge in [0, 0.05) is 36.8 Å². The molecule has 1 aliphatic rings. The zero-order valence-electron chi connectivity index (χ0n) is 17.0. The number of carbonyl (C=O) groups excluding carboxylic acids is 1. The molecule has 1 aromatic carbocycles. The maximum absolute atomic E-state index is 12.3. The molecule has 1 fully saturated rings. The van der Waals surface area contributed by atoms with Crippen molar-refractivity contribution in [2.45, 2.75) is 57.6 Å². The molecule has 6 heteroatoms. The van der Waals surface area contributed by atoms with Crippen molar-refractivity contribution in [2.75, 3.05) is 33.3 Å². The van der Waals surface area contributed by atoms with Gasteiger partial charge in [0.2, 0.25) is 0 Å². The Bertz CT molecular complexity index is 605. The molecule has 1 aromatic rings. The zero-order valence-corrected chi connectivity index (χ0v) is 17.8. The van der Waals surface area contributed by atoms with Gasteiger partial charge in [0.1, 0.15) is 5.60 Å². The first kappa shape index (κ1) is 22.0. The van der Waals surface area contributed by atoms with Gasteiger partial charge in [-0.3, -0.25) is 0 Å². The number of halogens is 1. The Kier molecular flexibility index (Phi) is 7.55. The Balaban J connectivity index is 1.95. The van der Waals surface area contributed by atoms with Gasteiger partial charge in [-0.25, -0.2) is 4.79 Å². The van der Waals surface area contributed by atoms with Crippen LogP contribution in [0, 0.1) is 0 Å². The first-order valence-electron chi connectivity index (χ1n) is 9.70. The van der Waals surface area contributed by atoms with E-state index < -0.39 is 5.60 Å². The standard InChI is InChI=1S/C21H33ClN2O3/c1-20(2,3)27-19(26)24-14-10-21(11-15-24,12-16-25)23(4)13-9-17-5-7-18(22)8-6-17/h5-8,25H,9-16H2,1-4H3. The fourth-order valence-electron chi connectivity index (χ4n) is 3.65. The minimum atomic E-state index is -0.480. The number of benzene rings is 1. The molecule has 0 saturated carbocycles. The number of amides is 1. The van der Waals surface area contributed by atoms with Crippen LogP contribution in [0.2, 0.25) is 5.02 Å². The molecule has 1 amide bonds. The van der Waals surface area contributed by atoms with E-state index >= 15 is 0 Å². The quantitative estimate of drug-likeness (QED) is 0.790. The summed E-state index contributed by atoms with van der Waals surface area (Å²) in [7, 11) is 2.12. The van der Waals surface area contributed by atoms with E-state index in [1.165, 1.54) is 5.56 Å². The second kappa shape index (κ2) is 9.26. The summed E-state index contributed by atoms with van der Waals surface area (Å²) in [5.74, 6) is 0.